The molecule has 1 N–H and O–H groups in total. The quantitative estimate of drug-likeness (QED) is 0.711. The Morgan fingerprint density at radius 1 is 1.55 bits per heavy atom. The van der Waals surface area contributed by atoms with Crippen LogP contribution < -0.4 is 10.2 Å². The summed E-state index contributed by atoms with van der Waals surface area (Å²) in [4.78, 5) is 17.6. The highest BCUT2D eigenvalue weighted by Gasteiger charge is 2.12. The minimum Gasteiger partial charge on any atom is -0.380 e. The number of hydrogen-bond donors (Lipinski definition) is 1. The van der Waals surface area contributed by atoms with Crippen molar-refractivity contribution in [2.45, 2.75) is 34.2 Å². The van der Waals surface area contributed by atoms with Crippen LogP contribution in [0, 0.1) is 5.92 Å². The van der Waals surface area contributed by atoms with Crippen LogP contribution in [0.2, 0.25) is 0 Å². The summed E-state index contributed by atoms with van der Waals surface area (Å²) in [7, 11) is 0. The van der Waals surface area contributed by atoms with Crippen molar-refractivity contribution >= 4 is 22.4 Å². The fourth-order valence-electron chi connectivity index (χ4n) is 1.67. The van der Waals surface area contributed by atoms with Crippen LogP contribution in [0.1, 0.15) is 33.4 Å². The van der Waals surface area contributed by atoms with Gasteiger partial charge >= 0.3 is 0 Å². The van der Waals surface area contributed by atoms with E-state index in [2.05, 4.69) is 24.1 Å². The average Bonchev–Trinajstić information content (AvgIpc) is 2.82. The molecule has 1 amide bonds. The van der Waals surface area contributed by atoms with Crippen LogP contribution in [-0.4, -0.2) is 37.2 Å². The number of nitrogens with one attached hydrogen (secondary N) is 1. The van der Waals surface area contributed by atoms with Crippen LogP contribution in [0.25, 0.3) is 0 Å². The topological polar surface area (TPSA) is 54.5 Å². The van der Waals surface area contributed by atoms with Gasteiger partial charge in [-0.1, -0.05) is 13.8 Å². The Morgan fingerprint density at radius 3 is 2.90 bits per heavy atom. The lowest BCUT2D eigenvalue weighted by Gasteiger charge is -2.14. The zero-order chi connectivity index (χ0) is 15.0. The molecule has 0 saturated carbocycles. The highest BCUT2D eigenvalue weighted by atomic mass is 32.1. The van der Waals surface area contributed by atoms with Crippen LogP contribution in [-0.2, 0) is 16.1 Å². The third kappa shape index (κ3) is 5.98. The maximum Gasteiger partial charge on any atom is 0.225 e. The number of nitrogens with zero attached hydrogens (tertiary/aromatic N) is 2. The lowest BCUT2D eigenvalue weighted by molar-refractivity contribution is -0.116. The molecule has 5 nitrogen and oxygen atoms in total. The van der Waals surface area contributed by atoms with Gasteiger partial charge in [-0.15, -0.1) is 11.3 Å². The number of thiazole rings is 1. The Bertz CT molecular complexity index is 407. The molecule has 6 heteroatoms. The van der Waals surface area contributed by atoms with Crippen molar-refractivity contribution in [1.82, 2.24) is 10.3 Å². The number of aromatic nitrogens is 1. The molecule has 0 aliphatic carbocycles. The zero-order valence-electron chi connectivity index (χ0n) is 12.8. The maximum absolute atomic E-state index is 11.4. The summed E-state index contributed by atoms with van der Waals surface area (Å²) in [5.74, 6) is 0.603. The van der Waals surface area contributed by atoms with Gasteiger partial charge in [0.2, 0.25) is 5.91 Å². The summed E-state index contributed by atoms with van der Waals surface area (Å²) >= 11 is 1.51. The molecule has 1 aromatic heterocycles. The summed E-state index contributed by atoms with van der Waals surface area (Å²) < 4.78 is 5.49. The first-order valence-electron chi connectivity index (χ1n) is 7.05. The van der Waals surface area contributed by atoms with Crippen molar-refractivity contribution in [3.05, 3.63) is 11.1 Å². The van der Waals surface area contributed by atoms with Crippen molar-refractivity contribution in [1.29, 1.82) is 0 Å². The molecule has 0 aromatic carbocycles. The molecule has 0 aliphatic heterocycles. The molecule has 1 rings (SSSR count). The first-order chi connectivity index (χ1) is 9.54. The smallest absolute Gasteiger partial charge is 0.225 e. The molecule has 0 saturated heterocycles. The molecule has 1 heterocycles. The van der Waals surface area contributed by atoms with E-state index in [0.717, 1.165) is 24.0 Å². The minimum atomic E-state index is 0.0310. The number of hydrogen-bond acceptors (Lipinski definition) is 5. The zero-order valence-corrected chi connectivity index (χ0v) is 13.6. The van der Waals surface area contributed by atoms with Gasteiger partial charge in [0.1, 0.15) is 0 Å². The SMILES string of the molecule is CCN(C(C)=O)c1nc(CNCCOCC(C)C)cs1. The van der Waals surface area contributed by atoms with Gasteiger partial charge in [-0.2, -0.15) is 0 Å². The second-order valence-corrected chi connectivity index (χ2v) is 5.87. The van der Waals surface area contributed by atoms with E-state index in [9.17, 15) is 4.79 Å². The van der Waals surface area contributed by atoms with Crippen molar-refractivity contribution in [3.8, 4) is 0 Å². The van der Waals surface area contributed by atoms with Crippen LogP contribution >= 0.6 is 11.3 Å². The number of amides is 1. The monoisotopic (exact) mass is 299 g/mol. The molecule has 0 atom stereocenters. The molecule has 20 heavy (non-hydrogen) atoms. The van der Waals surface area contributed by atoms with Gasteiger partial charge in [0.25, 0.3) is 0 Å². The summed E-state index contributed by atoms with van der Waals surface area (Å²) in [6.45, 7) is 11.5. The van der Waals surface area contributed by atoms with E-state index < -0.39 is 0 Å². The van der Waals surface area contributed by atoms with Crippen LogP contribution in [0.3, 0.4) is 0 Å². The molecule has 0 spiro atoms. The van der Waals surface area contributed by atoms with Gasteiger partial charge in [0, 0.05) is 38.5 Å². The molecule has 114 valence electrons. The predicted molar refractivity (Wildman–Crippen MR) is 83.2 cm³/mol. The lowest BCUT2D eigenvalue weighted by Crippen LogP contribution is -2.27. The number of rotatable bonds is 9. The molecular weight excluding hydrogens is 274 g/mol. The Hall–Kier alpha value is -0.980. The highest BCUT2D eigenvalue weighted by Crippen LogP contribution is 2.20. The summed E-state index contributed by atoms with van der Waals surface area (Å²) in [5, 5.41) is 6.05. The molecule has 0 unspecified atom stereocenters. The van der Waals surface area contributed by atoms with E-state index >= 15 is 0 Å². The van der Waals surface area contributed by atoms with E-state index in [-0.39, 0.29) is 5.91 Å². The molecule has 0 fully saturated rings. The van der Waals surface area contributed by atoms with Crippen molar-refractivity contribution in [2.24, 2.45) is 5.92 Å². The van der Waals surface area contributed by atoms with Gasteiger partial charge in [-0.3, -0.25) is 9.69 Å². The van der Waals surface area contributed by atoms with Gasteiger partial charge in [0.15, 0.2) is 5.13 Å². The highest BCUT2D eigenvalue weighted by molar-refractivity contribution is 7.14. The molecule has 0 bridgehead atoms. The summed E-state index contributed by atoms with van der Waals surface area (Å²) in [6.07, 6.45) is 0. The minimum absolute atomic E-state index is 0.0310. The second kappa shape index (κ2) is 9.05. The predicted octanol–water partition coefficient (Wildman–Crippen LogP) is 2.28. The molecule has 0 aliphatic rings. The van der Waals surface area contributed by atoms with Crippen LogP contribution in [0.4, 0.5) is 5.13 Å². The van der Waals surface area contributed by atoms with E-state index in [0.29, 0.717) is 25.6 Å². The summed E-state index contributed by atoms with van der Waals surface area (Å²) in [5.41, 5.74) is 0.966. The third-order valence-corrected chi connectivity index (χ3v) is 3.56. The van der Waals surface area contributed by atoms with Crippen LogP contribution in [0.5, 0.6) is 0 Å². The van der Waals surface area contributed by atoms with E-state index in [1.165, 1.54) is 11.3 Å². The number of carbonyl (C=O) groups is 1. The largest absolute Gasteiger partial charge is 0.380 e. The molecule has 0 radical (unpaired) electrons. The lowest BCUT2D eigenvalue weighted by atomic mass is 10.2. The third-order valence-electron chi connectivity index (χ3n) is 2.65. The Kier molecular flexibility index (Phi) is 7.72. The first kappa shape index (κ1) is 17.1. The fraction of sp³-hybridized carbons (Fsp3) is 0.714. The Balaban J connectivity index is 2.28. The van der Waals surface area contributed by atoms with Gasteiger partial charge in [0.05, 0.1) is 12.3 Å². The Morgan fingerprint density at radius 2 is 2.30 bits per heavy atom. The molecular formula is C14H25N3O2S. The fourth-order valence-corrected chi connectivity index (χ4v) is 2.61. The van der Waals surface area contributed by atoms with Crippen LogP contribution in [0.15, 0.2) is 5.38 Å². The second-order valence-electron chi connectivity index (χ2n) is 5.03. The standard InChI is InChI=1S/C14H25N3O2S/c1-5-17(12(4)18)14-16-13(10-20-14)8-15-6-7-19-9-11(2)3/h10-11,15H,5-9H2,1-4H3. The van der Waals surface area contributed by atoms with E-state index in [1.54, 1.807) is 11.8 Å². The molecule has 1 aromatic rings. The van der Waals surface area contributed by atoms with E-state index in [1.807, 2.05) is 12.3 Å². The number of ether oxygens (including phenoxy) is 1. The van der Waals surface area contributed by atoms with Crippen molar-refractivity contribution < 1.29 is 9.53 Å². The number of carbonyl (C=O) groups excluding carboxylic acids is 1. The van der Waals surface area contributed by atoms with Gasteiger partial charge < -0.3 is 10.1 Å². The van der Waals surface area contributed by atoms with Gasteiger partial charge in [-0.25, -0.2) is 4.98 Å². The number of anilines is 1. The van der Waals surface area contributed by atoms with Crippen molar-refractivity contribution in [2.75, 3.05) is 31.2 Å². The van der Waals surface area contributed by atoms with Gasteiger partial charge in [-0.05, 0) is 12.8 Å². The maximum atomic E-state index is 11.4. The first-order valence-corrected chi connectivity index (χ1v) is 7.93. The Labute approximate surface area is 125 Å². The van der Waals surface area contributed by atoms with E-state index in [4.69, 9.17) is 4.74 Å². The van der Waals surface area contributed by atoms with Crippen molar-refractivity contribution in [3.63, 3.8) is 0 Å². The summed E-state index contributed by atoms with van der Waals surface area (Å²) in [6, 6.07) is 0. The average molecular weight is 299 g/mol. The normalized spacial score (nSPS) is 11.1.